The first-order chi connectivity index (χ1) is 6.27. The van der Waals surface area contributed by atoms with Crippen molar-refractivity contribution in [1.29, 1.82) is 0 Å². The van der Waals surface area contributed by atoms with E-state index in [2.05, 4.69) is 4.99 Å². The molecule has 0 aliphatic carbocycles. The molecule has 1 aromatic carbocycles. The van der Waals surface area contributed by atoms with Crippen LogP contribution in [0.2, 0.25) is 5.02 Å². The van der Waals surface area contributed by atoms with E-state index >= 15 is 0 Å². The molecule has 2 nitrogen and oxygen atoms in total. The van der Waals surface area contributed by atoms with E-state index in [1.807, 2.05) is 42.6 Å². The third kappa shape index (κ3) is 1.58. The van der Waals surface area contributed by atoms with E-state index < -0.39 is 0 Å². The Hall–Kier alpha value is -1.28. The number of hydrogen-bond donors (Lipinski definition) is 0. The largest absolute Gasteiger partial charge is 0.349 e. The van der Waals surface area contributed by atoms with E-state index in [0.717, 1.165) is 16.3 Å². The first-order valence-electron chi connectivity index (χ1n) is 3.99. The molecule has 0 fully saturated rings. The van der Waals surface area contributed by atoms with E-state index in [9.17, 15) is 0 Å². The lowest BCUT2D eigenvalue weighted by atomic mass is 10.2. The molecule has 2 rings (SSSR count). The fourth-order valence-electron chi connectivity index (χ4n) is 1.27. The Labute approximate surface area is 82.2 Å². The van der Waals surface area contributed by atoms with Gasteiger partial charge in [0.05, 0.1) is 5.69 Å². The highest BCUT2D eigenvalue weighted by Crippen LogP contribution is 2.24. The van der Waals surface area contributed by atoms with Gasteiger partial charge in [-0.15, -0.1) is 0 Å². The molecule has 1 aliphatic rings. The molecule has 0 aromatic heterocycles. The number of aliphatic imine (C=N–C) groups is 1. The van der Waals surface area contributed by atoms with Crippen molar-refractivity contribution in [1.82, 2.24) is 0 Å². The molecule has 0 saturated heterocycles. The van der Waals surface area contributed by atoms with Crippen LogP contribution in [0.5, 0.6) is 0 Å². The number of nitrogens with zero attached hydrogens (tertiary/aromatic N) is 2. The quantitative estimate of drug-likeness (QED) is 0.617. The fourth-order valence-corrected chi connectivity index (χ4v) is 1.44. The Kier molecular flexibility index (Phi) is 2.07. The number of anilines is 1. The molecule has 13 heavy (non-hydrogen) atoms. The van der Waals surface area contributed by atoms with Crippen LogP contribution in [0.15, 0.2) is 35.6 Å². The second kappa shape index (κ2) is 3.23. The lowest BCUT2D eigenvalue weighted by Gasteiger charge is -2.15. The molecule has 0 spiro atoms. The molecule has 0 amide bonds. The van der Waals surface area contributed by atoms with Gasteiger partial charge in [0.1, 0.15) is 0 Å². The summed E-state index contributed by atoms with van der Waals surface area (Å²) in [6, 6.07) is 5.76. The predicted octanol–water partition coefficient (Wildman–Crippen LogP) is 2.68. The summed E-state index contributed by atoms with van der Waals surface area (Å²) in [6.45, 7) is 0. The summed E-state index contributed by atoms with van der Waals surface area (Å²) < 4.78 is 0. The van der Waals surface area contributed by atoms with Crippen molar-refractivity contribution >= 4 is 23.5 Å². The second-order valence-electron chi connectivity index (χ2n) is 2.89. The molecule has 1 aromatic rings. The summed E-state index contributed by atoms with van der Waals surface area (Å²) >= 11 is 5.90. The average Bonchev–Trinajstić information content (AvgIpc) is 2.29. The third-order valence-corrected chi connectivity index (χ3v) is 2.20. The molecule has 1 aliphatic heterocycles. The number of benzene rings is 1. The molecule has 66 valence electrons. The highest BCUT2D eigenvalue weighted by atomic mass is 35.5. The molecule has 0 atom stereocenters. The van der Waals surface area contributed by atoms with Crippen molar-refractivity contribution in [2.45, 2.75) is 0 Å². The zero-order valence-corrected chi connectivity index (χ0v) is 7.99. The predicted molar refractivity (Wildman–Crippen MR) is 56.6 cm³/mol. The second-order valence-corrected chi connectivity index (χ2v) is 3.33. The smallest absolute Gasteiger partial charge is 0.0508 e. The Bertz CT molecular complexity index is 383. The minimum absolute atomic E-state index is 0.745. The van der Waals surface area contributed by atoms with Gasteiger partial charge in [-0.3, -0.25) is 4.99 Å². The maximum atomic E-state index is 5.90. The molecular weight excluding hydrogens is 184 g/mol. The number of rotatable bonds is 0. The van der Waals surface area contributed by atoms with Gasteiger partial charge < -0.3 is 4.90 Å². The summed E-state index contributed by atoms with van der Waals surface area (Å²) in [6.07, 6.45) is 5.48. The normalized spacial score (nSPS) is 14.2. The van der Waals surface area contributed by atoms with Gasteiger partial charge in [0.15, 0.2) is 0 Å². The SMILES string of the molecule is CN1C=CN=Cc2ccc(Cl)cc21. The van der Waals surface area contributed by atoms with Crippen molar-refractivity contribution in [3.8, 4) is 0 Å². The van der Waals surface area contributed by atoms with Crippen molar-refractivity contribution in [3.05, 3.63) is 41.2 Å². The van der Waals surface area contributed by atoms with E-state index in [4.69, 9.17) is 11.6 Å². The van der Waals surface area contributed by atoms with Crippen molar-refractivity contribution in [3.63, 3.8) is 0 Å². The minimum atomic E-state index is 0.745. The molecule has 3 heteroatoms. The Balaban J connectivity index is 2.58. The Morgan fingerprint density at radius 1 is 1.38 bits per heavy atom. The topological polar surface area (TPSA) is 15.6 Å². The standard InChI is InChI=1S/C10H9ClN2/c1-13-5-4-12-7-8-2-3-9(11)6-10(8)13/h2-7H,1H3. The summed E-state index contributed by atoms with van der Waals surface area (Å²) in [5.41, 5.74) is 2.15. The first-order valence-corrected chi connectivity index (χ1v) is 4.37. The van der Waals surface area contributed by atoms with Gasteiger partial charge in [0, 0.05) is 36.2 Å². The maximum Gasteiger partial charge on any atom is 0.0508 e. The number of hydrogen-bond acceptors (Lipinski definition) is 2. The average molecular weight is 193 g/mol. The monoisotopic (exact) mass is 192 g/mol. The number of fused-ring (bicyclic) bond motifs is 1. The first kappa shape index (κ1) is 8.32. The van der Waals surface area contributed by atoms with Gasteiger partial charge in [-0.05, 0) is 18.2 Å². The molecule has 0 N–H and O–H groups in total. The Morgan fingerprint density at radius 3 is 3.08 bits per heavy atom. The fraction of sp³-hybridized carbons (Fsp3) is 0.100. The third-order valence-electron chi connectivity index (χ3n) is 1.96. The van der Waals surface area contributed by atoms with E-state index in [-0.39, 0.29) is 0 Å². The lowest BCUT2D eigenvalue weighted by Crippen LogP contribution is -2.08. The van der Waals surface area contributed by atoms with Crippen LogP contribution in [0.1, 0.15) is 5.56 Å². The van der Waals surface area contributed by atoms with Crippen LogP contribution in [0, 0.1) is 0 Å². The molecule has 0 unspecified atom stereocenters. The van der Waals surface area contributed by atoms with Crippen LogP contribution in [-0.4, -0.2) is 13.3 Å². The highest BCUT2D eigenvalue weighted by molar-refractivity contribution is 6.31. The van der Waals surface area contributed by atoms with Crippen molar-refractivity contribution in [2.75, 3.05) is 11.9 Å². The van der Waals surface area contributed by atoms with Gasteiger partial charge >= 0.3 is 0 Å². The van der Waals surface area contributed by atoms with Crippen LogP contribution in [-0.2, 0) is 0 Å². The van der Waals surface area contributed by atoms with Gasteiger partial charge in [-0.1, -0.05) is 11.6 Å². The molecular formula is C10H9ClN2. The molecule has 0 bridgehead atoms. The summed E-state index contributed by atoms with van der Waals surface area (Å²) in [5.74, 6) is 0. The van der Waals surface area contributed by atoms with E-state index in [0.29, 0.717) is 0 Å². The van der Waals surface area contributed by atoms with Crippen LogP contribution in [0.4, 0.5) is 5.69 Å². The molecule has 1 heterocycles. The summed E-state index contributed by atoms with van der Waals surface area (Å²) in [7, 11) is 1.97. The van der Waals surface area contributed by atoms with Crippen molar-refractivity contribution in [2.24, 2.45) is 4.99 Å². The minimum Gasteiger partial charge on any atom is -0.349 e. The summed E-state index contributed by atoms with van der Waals surface area (Å²) in [4.78, 5) is 6.10. The van der Waals surface area contributed by atoms with Gasteiger partial charge in [0.2, 0.25) is 0 Å². The van der Waals surface area contributed by atoms with Gasteiger partial charge in [-0.25, -0.2) is 0 Å². The highest BCUT2D eigenvalue weighted by Gasteiger charge is 2.05. The van der Waals surface area contributed by atoms with E-state index in [1.165, 1.54) is 0 Å². The van der Waals surface area contributed by atoms with Crippen LogP contribution < -0.4 is 4.90 Å². The number of halogens is 1. The van der Waals surface area contributed by atoms with Crippen LogP contribution in [0.3, 0.4) is 0 Å². The van der Waals surface area contributed by atoms with Gasteiger partial charge in [0.25, 0.3) is 0 Å². The Morgan fingerprint density at radius 2 is 2.23 bits per heavy atom. The molecule has 0 radical (unpaired) electrons. The van der Waals surface area contributed by atoms with Gasteiger partial charge in [-0.2, -0.15) is 0 Å². The van der Waals surface area contributed by atoms with Crippen molar-refractivity contribution < 1.29 is 0 Å². The van der Waals surface area contributed by atoms with Crippen LogP contribution in [0.25, 0.3) is 0 Å². The zero-order chi connectivity index (χ0) is 9.26. The summed E-state index contributed by atoms with van der Waals surface area (Å²) in [5, 5.41) is 0.745. The van der Waals surface area contributed by atoms with Crippen LogP contribution >= 0.6 is 11.6 Å². The molecule has 0 saturated carbocycles. The lowest BCUT2D eigenvalue weighted by molar-refractivity contribution is 1.20. The zero-order valence-electron chi connectivity index (χ0n) is 7.24. The maximum absolute atomic E-state index is 5.90. The van der Waals surface area contributed by atoms with E-state index in [1.54, 1.807) is 6.20 Å².